The molecule has 5 nitrogen and oxygen atoms in total. The van der Waals surface area contributed by atoms with Crippen LogP contribution in [-0.4, -0.2) is 21.2 Å². The fourth-order valence-electron chi connectivity index (χ4n) is 2.79. The van der Waals surface area contributed by atoms with Gasteiger partial charge in [-0.05, 0) is 53.4 Å². The van der Waals surface area contributed by atoms with Gasteiger partial charge < -0.3 is 5.32 Å². The van der Waals surface area contributed by atoms with Gasteiger partial charge in [-0.1, -0.05) is 47.1 Å². The van der Waals surface area contributed by atoms with Gasteiger partial charge in [-0.25, -0.2) is 4.98 Å². The number of nitrogens with zero attached hydrogens (tertiary/aromatic N) is 2. The van der Waals surface area contributed by atoms with Gasteiger partial charge in [-0.2, -0.15) is 0 Å². The zero-order valence-electron chi connectivity index (χ0n) is 15.5. The molecule has 2 aromatic carbocycles. The third-order valence-corrected chi connectivity index (χ3v) is 6.60. The second-order valence-electron chi connectivity index (χ2n) is 6.34. The molecule has 0 bridgehead atoms. The van der Waals surface area contributed by atoms with E-state index >= 15 is 0 Å². The number of carbonyl (C=O) groups excluding carboxylic acids is 1. The van der Waals surface area contributed by atoms with E-state index in [-0.39, 0.29) is 17.2 Å². The first-order valence-electron chi connectivity index (χ1n) is 8.91. The van der Waals surface area contributed by atoms with Crippen molar-refractivity contribution in [1.29, 1.82) is 0 Å². The van der Waals surface area contributed by atoms with Gasteiger partial charge in [0.05, 0.1) is 17.0 Å². The number of rotatable bonds is 6. The molecule has 2 aromatic heterocycles. The summed E-state index contributed by atoms with van der Waals surface area (Å²) < 4.78 is 2.09. The first-order chi connectivity index (χ1) is 14.5. The predicted molar refractivity (Wildman–Crippen MR) is 124 cm³/mol. The normalized spacial score (nSPS) is 11.0. The minimum atomic E-state index is -0.165. The highest BCUT2D eigenvalue weighted by Gasteiger charge is 2.15. The van der Waals surface area contributed by atoms with E-state index in [2.05, 4.69) is 10.3 Å². The van der Waals surface area contributed by atoms with Gasteiger partial charge in [0.15, 0.2) is 5.16 Å². The predicted octanol–water partition coefficient (Wildman–Crippen LogP) is 5.16. The maximum atomic E-state index is 13.1. The monoisotopic (exact) mass is 475 g/mol. The molecule has 30 heavy (non-hydrogen) atoms. The number of carbonyl (C=O) groups is 1. The topological polar surface area (TPSA) is 64.0 Å². The van der Waals surface area contributed by atoms with Crippen LogP contribution in [0.3, 0.4) is 0 Å². The first kappa shape index (κ1) is 20.9. The highest BCUT2D eigenvalue weighted by Crippen LogP contribution is 2.24. The number of thioether (sulfide) groups is 1. The van der Waals surface area contributed by atoms with Crippen molar-refractivity contribution in [2.24, 2.45) is 0 Å². The summed E-state index contributed by atoms with van der Waals surface area (Å²) in [5.41, 5.74) is 2.06. The quantitative estimate of drug-likeness (QED) is 0.308. The number of hydrogen-bond donors (Lipinski definition) is 1. The van der Waals surface area contributed by atoms with Crippen molar-refractivity contribution in [3.8, 4) is 5.69 Å². The Morgan fingerprint density at radius 1 is 1.03 bits per heavy atom. The van der Waals surface area contributed by atoms with Crippen molar-refractivity contribution in [3.05, 3.63) is 85.9 Å². The summed E-state index contributed by atoms with van der Waals surface area (Å²) in [4.78, 5) is 30.0. The average molecular weight is 476 g/mol. The summed E-state index contributed by atoms with van der Waals surface area (Å²) in [6.07, 6.45) is 0. The summed E-state index contributed by atoms with van der Waals surface area (Å²) in [5, 5.41) is 6.38. The number of thiophene rings is 1. The van der Waals surface area contributed by atoms with E-state index in [9.17, 15) is 9.59 Å². The van der Waals surface area contributed by atoms with Gasteiger partial charge in [-0.3, -0.25) is 14.2 Å². The molecule has 0 saturated carbocycles. The molecule has 0 fully saturated rings. The summed E-state index contributed by atoms with van der Waals surface area (Å²) >= 11 is 14.4. The molecule has 0 spiro atoms. The molecule has 0 radical (unpaired) electrons. The largest absolute Gasteiger partial charge is 0.351 e. The molecule has 4 aromatic rings. The van der Waals surface area contributed by atoms with Crippen molar-refractivity contribution in [2.75, 3.05) is 5.75 Å². The number of hydrogen-bond acceptors (Lipinski definition) is 5. The molecule has 0 aliphatic heterocycles. The standard InChI is InChI=1S/C21H15Cl2N3O2S2/c22-14-3-1-13(2-4-14)11-24-18(27)12-30-21-25-17-9-10-29-19(17)20(28)26(21)16-7-5-15(23)6-8-16/h1-10H,11-12H2,(H,24,27). The Morgan fingerprint density at radius 2 is 1.70 bits per heavy atom. The SMILES string of the molecule is O=C(CSc1nc2ccsc2c(=O)n1-c1ccc(Cl)cc1)NCc1ccc(Cl)cc1. The molecule has 0 aliphatic carbocycles. The van der Waals surface area contributed by atoms with Gasteiger partial charge in [0.25, 0.3) is 5.56 Å². The maximum Gasteiger partial charge on any atom is 0.276 e. The second-order valence-corrected chi connectivity index (χ2v) is 9.07. The van der Waals surface area contributed by atoms with Gasteiger partial charge in [0, 0.05) is 16.6 Å². The number of halogens is 2. The molecule has 0 atom stereocenters. The lowest BCUT2D eigenvalue weighted by Crippen LogP contribution is -2.26. The molecule has 1 amide bonds. The second kappa shape index (κ2) is 9.22. The summed E-state index contributed by atoms with van der Waals surface area (Å²) in [6, 6.07) is 16.0. The molecule has 4 rings (SSSR count). The van der Waals surface area contributed by atoms with Crippen LogP contribution in [0.25, 0.3) is 15.9 Å². The number of benzene rings is 2. The van der Waals surface area contributed by atoms with Gasteiger partial charge >= 0.3 is 0 Å². The average Bonchev–Trinajstić information content (AvgIpc) is 3.22. The first-order valence-corrected chi connectivity index (χ1v) is 11.5. The Balaban J connectivity index is 1.55. The van der Waals surface area contributed by atoms with Crippen molar-refractivity contribution >= 4 is 62.4 Å². The van der Waals surface area contributed by atoms with Crippen LogP contribution in [0, 0.1) is 0 Å². The molecule has 0 unspecified atom stereocenters. The third kappa shape index (κ3) is 4.70. The fraction of sp³-hybridized carbons (Fsp3) is 0.0952. The Kier molecular flexibility index (Phi) is 6.43. The lowest BCUT2D eigenvalue weighted by molar-refractivity contribution is -0.118. The highest BCUT2D eigenvalue weighted by molar-refractivity contribution is 7.99. The van der Waals surface area contributed by atoms with Crippen molar-refractivity contribution < 1.29 is 4.79 Å². The number of amides is 1. The molecule has 1 N–H and O–H groups in total. The van der Waals surface area contributed by atoms with Crippen molar-refractivity contribution in [1.82, 2.24) is 14.9 Å². The maximum absolute atomic E-state index is 13.1. The Morgan fingerprint density at radius 3 is 2.40 bits per heavy atom. The van der Waals surface area contributed by atoms with Crippen LogP contribution in [0.2, 0.25) is 10.0 Å². The summed E-state index contributed by atoms with van der Waals surface area (Å²) in [7, 11) is 0. The molecule has 152 valence electrons. The van der Waals surface area contributed by atoms with Crippen LogP contribution in [0.5, 0.6) is 0 Å². The zero-order valence-corrected chi connectivity index (χ0v) is 18.6. The molecular formula is C21H15Cl2N3O2S2. The van der Waals surface area contributed by atoms with Gasteiger partial charge in [0.1, 0.15) is 4.70 Å². The van der Waals surface area contributed by atoms with Crippen LogP contribution >= 0.6 is 46.3 Å². The minimum Gasteiger partial charge on any atom is -0.351 e. The fourth-order valence-corrected chi connectivity index (χ4v) is 4.64. The van der Waals surface area contributed by atoms with Crippen molar-refractivity contribution in [2.45, 2.75) is 11.7 Å². The van der Waals surface area contributed by atoms with Crippen LogP contribution in [0.4, 0.5) is 0 Å². The molecule has 9 heteroatoms. The highest BCUT2D eigenvalue weighted by atomic mass is 35.5. The Bertz CT molecular complexity index is 1250. The van der Waals surface area contributed by atoms with Crippen LogP contribution in [0.15, 0.2) is 69.9 Å². The molecule has 0 aliphatic rings. The van der Waals surface area contributed by atoms with Crippen LogP contribution in [-0.2, 0) is 11.3 Å². The number of fused-ring (bicyclic) bond motifs is 1. The lowest BCUT2D eigenvalue weighted by atomic mass is 10.2. The van der Waals surface area contributed by atoms with E-state index in [4.69, 9.17) is 23.2 Å². The number of aromatic nitrogens is 2. The molecular weight excluding hydrogens is 461 g/mol. The van der Waals surface area contributed by atoms with E-state index in [0.717, 1.165) is 5.56 Å². The Labute approximate surface area is 190 Å². The summed E-state index contributed by atoms with van der Waals surface area (Å²) in [6.45, 7) is 0.400. The number of nitrogens with one attached hydrogen (secondary N) is 1. The van der Waals surface area contributed by atoms with Crippen LogP contribution < -0.4 is 10.9 Å². The zero-order chi connectivity index (χ0) is 21.1. The van der Waals surface area contributed by atoms with E-state index in [1.165, 1.54) is 27.7 Å². The smallest absolute Gasteiger partial charge is 0.276 e. The van der Waals surface area contributed by atoms with E-state index in [1.807, 2.05) is 17.5 Å². The van der Waals surface area contributed by atoms with E-state index in [1.54, 1.807) is 42.5 Å². The lowest BCUT2D eigenvalue weighted by Gasteiger charge is -2.12. The van der Waals surface area contributed by atoms with E-state index < -0.39 is 0 Å². The summed E-state index contributed by atoms with van der Waals surface area (Å²) in [5.74, 6) is -0.0271. The van der Waals surface area contributed by atoms with Gasteiger partial charge in [-0.15, -0.1) is 11.3 Å². The third-order valence-electron chi connectivity index (χ3n) is 4.27. The van der Waals surface area contributed by atoms with Gasteiger partial charge in [0.2, 0.25) is 5.91 Å². The van der Waals surface area contributed by atoms with Crippen LogP contribution in [0.1, 0.15) is 5.56 Å². The molecule has 0 saturated heterocycles. The van der Waals surface area contributed by atoms with E-state index in [0.29, 0.717) is 37.7 Å². The molecule has 2 heterocycles. The minimum absolute atomic E-state index is 0.128. The Hall–Kier alpha value is -2.32. The van der Waals surface area contributed by atoms with Crippen molar-refractivity contribution in [3.63, 3.8) is 0 Å².